The molecule has 8 nitrogen and oxygen atoms in total. The van der Waals surface area contributed by atoms with Gasteiger partial charge in [0.25, 0.3) is 0 Å². The number of aliphatic hydroxyl groups is 1. The van der Waals surface area contributed by atoms with Crippen molar-refractivity contribution >= 4 is 12.0 Å². The van der Waals surface area contributed by atoms with Crippen molar-refractivity contribution in [1.29, 1.82) is 0 Å². The van der Waals surface area contributed by atoms with Gasteiger partial charge in [0.15, 0.2) is 6.04 Å². The van der Waals surface area contributed by atoms with E-state index in [2.05, 4.69) is 20.8 Å². The smallest absolute Gasteiger partial charge is 0.328 e. The van der Waals surface area contributed by atoms with Crippen LogP contribution in [0.5, 0.6) is 0 Å². The molecular formula is C9H12N4O4. The van der Waals surface area contributed by atoms with Gasteiger partial charge >= 0.3 is 12.0 Å². The number of hydrogen-bond donors (Lipinski definition) is 4. The third-order valence-electron chi connectivity index (χ3n) is 1.84. The monoisotopic (exact) mass is 240 g/mol. The number of aliphatic hydroxyl groups excluding tert-OH is 1. The van der Waals surface area contributed by atoms with E-state index in [0.29, 0.717) is 5.69 Å². The molecule has 0 saturated carbocycles. The zero-order valence-corrected chi connectivity index (χ0v) is 8.83. The second-order valence-electron chi connectivity index (χ2n) is 3.12. The molecule has 8 heteroatoms. The SMILES string of the molecule is O=C(NCc1cccnn1)N[C@H](CO)C(=O)O. The molecule has 2 amide bonds. The molecule has 0 fully saturated rings. The molecule has 92 valence electrons. The Kier molecular flexibility index (Phi) is 4.82. The topological polar surface area (TPSA) is 124 Å². The van der Waals surface area contributed by atoms with Crippen LogP contribution in [0, 0.1) is 0 Å². The van der Waals surface area contributed by atoms with Crippen LogP contribution >= 0.6 is 0 Å². The summed E-state index contributed by atoms with van der Waals surface area (Å²) < 4.78 is 0. The van der Waals surface area contributed by atoms with Gasteiger partial charge in [-0.15, -0.1) is 0 Å². The highest BCUT2D eigenvalue weighted by molar-refractivity contribution is 5.82. The van der Waals surface area contributed by atoms with E-state index in [0.717, 1.165) is 0 Å². The van der Waals surface area contributed by atoms with E-state index in [1.807, 2.05) is 0 Å². The molecule has 0 bridgehead atoms. The number of carboxylic acids is 1. The number of rotatable bonds is 5. The van der Waals surface area contributed by atoms with Crippen molar-refractivity contribution in [2.45, 2.75) is 12.6 Å². The third-order valence-corrected chi connectivity index (χ3v) is 1.84. The average molecular weight is 240 g/mol. The Morgan fingerprint density at radius 2 is 2.24 bits per heavy atom. The molecule has 1 aromatic heterocycles. The summed E-state index contributed by atoms with van der Waals surface area (Å²) in [6.07, 6.45) is 1.50. The summed E-state index contributed by atoms with van der Waals surface area (Å²) in [5.41, 5.74) is 0.540. The minimum atomic E-state index is -1.32. The Morgan fingerprint density at radius 1 is 1.47 bits per heavy atom. The van der Waals surface area contributed by atoms with Crippen molar-refractivity contribution in [3.05, 3.63) is 24.0 Å². The summed E-state index contributed by atoms with van der Waals surface area (Å²) in [4.78, 5) is 21.8. The van der Waals surface area contributed by atoms with Gasteiger partial charge in [-0.2, -0.15) is 10.2 Å². The summed E-state index contributed by atoms with van der Waals surface area (Å²) in [5.74, 6) is -1.30. The van der Waals surface area contributed by atoms with Crippen LogP contribution in [0.1, 0.15) is 5.69 Å². The van der Waals surface area contributed by atoms with Gasteiger partial charge < -0.3 is 20.8 Å². The van der Waals surface area contributed by atoms with E-state index in [1.54, 1.807) is 12.1 Å². The number of carbonyl (C=O) groups is 2. The maximum atomic E-state index is 11.2. The Morgan fingerprint density at radius 3 is 2.76 bits per heavy atom. The quantitative estimate of drug-likeness (QED) is 0.508. The first-order valence-electron chi connectivity index (χ1n) is 4.78. The summed E-state index contributed by atoms with van der Waals surface area (Å²) in [6.45, 7) is -0.550. The molecule has 0 unspecified atom stereocenters. The molecule has 0 aromatic carbocycles. The number of nitrogens with one attached hydrogen (secondary N) is 2. The first-order chi connectivity index (χ1) is 8.13. The number of amides is 2. The normalized spacial score (nSPS) is 11.6. The lowest BCUT2D eigenvalue weighted by molar-refractivity contribution is -0.140. The molecule has 17 heavy (non-hydrogen) atoms. The summed E-state index contributed by atoms with van der Waals surface area (Å²) >= 11 is 0. The summed E-state index contributed by atoms with van der Waals surface area (Å²) in [6, 6.07) is 1.30. The Balaban J connectivity index is 2.37. The predicted molar refractivity (Wildman–Crippen MR) is 55.9 cm³/mol. The van der Waals surface area contributed by atoms with Crippen LogP contribution < -0.4 is 10.6 Å². The second kappa shape index (κ2) is 6.38. The molecular weight excluding hydrogens is 228 g/mol. The standard InChI is InChI=1S/C9H12N4O4/c14-5-7(8(15)16)12-9(17)10-4-6-2-1-3-11-13-6/h1-3,7,14H,4-5H2,(H,15,16)(H2,10,12,17)/t7-/m1/s1. The Hall–Kier alpha value is -2.22. The van der Waals surface area contributed by atoms with E-state index in [-0.39, 0.29) is 6.54 Å². The van der Waals surface area contributed by atoms with Crippen molar-refractivity contribution in [2.75, 3.05) is 6.61 Å². The fourth-order valence-corrected chi connectivity index (χ4v) is 0.993. The maximum absolute atomic E-state index is 11.2. The van der Waals surface area contributed by atoms with Gasteiger partial charge in [0, 0.05) is 6.20 Å². The van der Waals surface area contributed by atoms with Crippen LogP contribution in [0.15, 0.2) is 18.3 Å². The van der Waals surface area contributed by atoms with Crippen molar-refractivity contribution in [2.24, 2.45) is 0 Å². The number of aliphatic carboxylic acids is 1. The number of aromatic nitrogens is 2. The highest BCUT2D eigenvalue weighted by atomic mass is 16.4. The van der Waals surface area contributed by atoms with Crippen LogP contribution in [0.3, 0.4) is 0 Å². The first kappa shape index (κ1) is 12.8. The zero-order valence-electron chi connectivity index (χ0n) is 8.83. The minimum absolute atomic E-state index is 0.122. The van der Waals surface area contributed by atoms with E-state index < -0.39 is 24.6 Å². The first-order valence-corrected chi connectivity index (χ1v) is 4.78. The molecule has 0 aliphatic rings. The van der Waals surface area contributed by atoms with Crippen molar-refractivity contribution < 1.29 is 19.8 Å². The van der Waals surface area contributed by atoms with Gasteiger partial charge in [-0.25, -0.2) is 9.59 Å². The molecule has 0 saturated heterocycles. The van der Waals surface area contributed by atoms with Crippen molar-refractivity contribution in [3.63, 3.8) is 0 Å². The largest absolute Gasteiger partial charge is 0.480 e. The van der Waals surface area contributed by atoms with E-state index in [1.165, 1.54) is 6.20 Å². The molecule has 0 aliphatic heterocycles. The lowest BCUT2D eigenvalue weighted by Crippen LogP contribution is -2.47. The highest BCUT2D eigenvalue weighted by Gasteiger charge is 2.18. The Bertz CT molecular complexity index is 384. The number of hydrogen-bond acceptors (Lipinski definition) is 5. The number of nitrogens with zero attached hydrogens (tertiary/aromatic N) is 2. The predicted octanol–water partition coefficient (Wildman–Crippen LogP) is -1.28. The molecule has 0 radical (unpaired) electrons. The molecule has 1 heterocycles. The van der Waals surface area contributed by atoms with Crippen LogP contribution in [0.2, 0.25) is 0 Å². The van der Waals surface area contributed by atoms with E-state index in [4.69, 9.17) is 10.2 Å². The average Bonchev–Trinajstić information content (AvgIpc) is 2.34. The maximum Gasteiger partial charge on any atom is 0.328 e. The fourth-order valence-electron chi connectivity index (χ4n) is 0.993. The number of carbonyl (C=O) groups excluding carboxylic acids is 1. The zero-order chi connectivity index (χ0) is 12.7. The van der Waals surface area contributed by atoms with Gasteiger partial charge in [-0.05, 0) is 12.1 Å². The molecule has 1 atom stereocenters. The summed E-state index contributed by atoms with van der Waals surface area (Å²) in [5, 5.41) is 29.1. The van der Waals surface area contributed by atoms with Crippen LogP contribution in [0.25, 0.3) is 0 Å². The van der Waals surface area contributed by atoms with E-state index in [9.17, 15) is 9.59 Å². The van der Waals surface area contributed by atoms with Crippen molar-refractivity contribution in [1.82, 2.24) is 20.8 Å². The van der Waals surface area contributed by atoms with Gasteiger partial charge in [-0.3, -0.25) is 0 Å². The van der Waals surface area contributed by atoms with Gasteiger partial charge in [0.05, 0.1) is 18.8 Å². The lowest BCUT2D eigenvalue weighted by atomic mass is 10.3. The molecule has 0 aliphatic carbocycles. The number of carboxylic acid groups (broad SMARTS) is 1. The second-order valence-corrected chi connectivity index (χ2v) is 3.12. The minimum Gasteiger partial charge on any atom is -0.480 e. The molecule has 1 aromatic rings. The van der Waals surface area contributed by atoms with Gasteiger partial charge in [-0.1, -0.05) is 0 Å². The summed E-state index contributed by atoms with van der Waals surface area (Å²) in [7, 11) is 0. The lowest BCUT2D eigenvalue weighted by Gasteiger charge is -2.12. The van der Waals surface area contributed by atoms with Gasteiger partial charge in [0.2, 0.25) is 0 Å². The van der Waals surface area contributed by atoms with Crippen LogP contribution in [0.4, 0.5) is 4.79 Å². The van der Waals surface area contributed by atoms with E-state index >= 15 is 0 Å². The molecule has 0 spiro atoms. The van der Waals surface area contributed by atoms with Crippen molar-refractivity contribution in [3.8, 4) is 0 Å². The molecule has 4 N–H and O–H groups in total. The molecule has 1 rings (SSSR count). The Labute approximate surface area is 96.7 Å². The van der Waals surface area contributed by atoms with Crippen LogP contribution in [-0.2, 0) is 11.3 Å². The van der Waals surface area contributed by atoms with Crippen LogP contribution in [-0.4, -0.2) is 45.1 Å². The highest BCUT2D eigenvalue weighted by Crippen LogP contribution is 1.90. The van der Waals surface area contributed by atoms with Gasteiger partial charge in [0.1, 0.15) is 0 Å². The third kappa shape index (κ3) is 4.43. The fraction of sp³-hybridized carbons (Fsp3) is 0.333. The number of urea groups is 1.